The molecule has 3 nitrogen and oxygen atoms in total. The van der Waals surface area contributed by atoms with E-state index >= 15 is 0 Å². The minimum atomic E-state index is -0.313. The Balaban J connectivity index is 1.92. The van der Waals surface area contributed by atoms with Gasteiger partial charge in [-0.15, -0.1) is 11.3 Å². The lowest BCUT2D eigenvalue weighted by Gasteiger charge is -2.21. The van der Waals surface area contributed by atoms with Gasteiger partial charge in [-0.3, -0.25) is 0 Å². The normalized spacial score (nSPS) is 19.2. The van der Waals surface area contributed by atoms with Crippen LogP contribution < -0.4 is 5.73 Å². The molecule has 0 aliphatic heterocycles. The van der Waals surface area contributed by atoms with Crippen LogP contribution >= 0.6 is 27.3 Å². The highest BCUT2D eigenvalue weighted by atomic mass is 79.9. The molecule has 2 aromatic rings. The van der Waals surface area contributed by atoms with Gasteiger partial charge in [-0.25, -0.2) is 4.98 Å². The lowest BCUT2D eigenvalue weighted by Crippen LogP contribution is -2.36. The predicted molar refractivity (Wildman–Crippen MR) is 73.9 cm³/mol. The summed E-state index contributed by atoms with van der Waals surface area (Å²) in [5, 5.41) is 2.07. The Bertz CT molecular complexity index is 539. The number of hydrogen-bond acceptors (Lipinski definition) is 3. The van der Waals surface area contributed by atoms with Crippen LogP contribution in [0.2, 0.25) is 0 Å². The van der Waals surface area contributed by atoms with E-state index in [9.17, 15) is 0 Å². The molecule has 5 heteroatoms. The van der Waals surface area contributed by atoms with Crippen molar-refractivity contribution in [3.05, 3.63) is 27.9 Å². The van der Waals surface area contributed by atoms with Crippen LogP contribution in [0.15, 0.2) is 22.1 Å². The van der Waals surface area contributed by atoms with E-state index in [4.69, 9.17) is 5.73 Å². The maximum absolute atomic E-state index is 6.34. The number of hydrogen-bond donors (Lipinski definition) is 2. The summed E-state index contributed by atoms with van der Waals surface area (Å²) in [5.74, 6) is 1.48. The number of thiophene rings is 1. The first-order valence-electron chi connectivity index (χ1n) is 5.66. The van der Waals surface area contributed by atoms with Crippen molar-refractivity contribution in [2.45, 2.75) is 25.3 Å². The summed E-state index contributed by atoms with van der Waals surface area (Å²) >= 11 is 5.15. The first-order valence-corrected chi connectivity index (χ1v) is 7.33. The van der Waals surface area contributed by atoms with E-state index in [0.717, 1.165) is 16.0 Å². The zero-order valence-electron chi connectivity index (χ0n) is 9.53. The van der Waals surface area contributed by atoms with Crippen LogP contribution in [0.3, 0.4) is 0 Å². The minimum absolute atomic E-state index is 0.313. The second kappa shape index (κ2) is 3.93. The van der Waals surface area contributed by atoms with E-state index in [1.165, 1.54) is 17.7 Å². The van der Waals surface area contributed by atoms with E-state index in [1.807, 2.05) is 6.20 Å². The summed E-state index contributed by atoms with van der Waals surface area (Å²) in [6, 6.07) is 2.09. The van der Waals surface area contributed by atoms with E-state index in [2.05, 4.69) is 44.3 Å². The fraction of sp³-hybridized carbons (Fsp3) is 0.417. The highest BCUT2D eigenvalue weighted by molar-refractivity contribution is 9.10. The number of halogens is 1. The van der Waals surface area contributed by atoms with Gasteiger partial charge in [-0.1, -0.05) is 0 Å². The molecule has 0 aromatic carbocycles. The van der Waals surface area contributed by atoms with Crippen LogP contribution in [-0.4, -0.2) is 9.97 Å². The van der Waals surface area contributed by atoms with Crippen LogP contribution in [0.4, 0.5) is 0 Å². The zero-order valence-corrected chi connectivity index (χ0v) is 11.9. The van der Waals surface area contributed by atoms with E-state index < -0.39 is 0 Å². The van der Waals surface area contributed by atoms with Crippen LogP contribution in [0.1, 0.15) is 25.6 Å². The largest absolute Gasteiger partial charge is 0.340 e. The van der Waals surface area contributed by atoms with Crippen molar-refractivity contribution in [2.75, 3.05) is 0 Å². The monoisotopic (exact) mass is 311 g/mol. The first-order chi connectivity index (χ1) is 8.07. The van der Waals surface area contributed by atoms with Gasteiger partial charge in [0.2, 0.25) is 0 Å². The summed E-state index contributed by atoms with van der Waals surface area (Å²) < 4.78 is 1.10. The Hall–Kier alpha value is -0.650. The highest BCUT2D eigenvalue weighted by Crippen LogP contribution is 2.43. The number of aromatic amines is 1. The number of nitrogens with zero attached hydrogens (tertiary/aromatic N) is 1. The first kappa shape index (κ1) is 11.4. The number of nitrogens with one attached hydrogen (secondary N) is 1. The van der Waals surface area contributed by atoms with Crippen molar-refractivity contribution >= 4 is 27.3 Å². The molecule has 0 saturated heterocycles. The molecule has 17 heavy (non-hydrogen) atoms. The third kappa shape index (κ3) is 2.07. The van der Waals surface area contributed by atoms with Gasteiger partial charge in [0.25, 0.3) is 0 Å². The average Bonchev–Trinajstić information content (AvgIpc) is 2.87. The van der Waals surface area contributed by atoms with Crippen molar-refractivity contribution < 1.29 is 0 Å². The second-order valence-electron chi connectivity index (χ2n) is 4.83. The molecule has 3 rings (SSSR count). The minimum Gasteiger partial charge on any atom is -0.340 e. The van der Waals surface area contributed by atoms with Crippen molar-refractivity contribution in [3.8, 4) is 10.6 Å². The number of rotatable bonds is 3. The van der Waals surface area contributed by atoms with Crippen molar-refractivity contribution in [3.63, 3.8) is 0 Å². The van der Waals surface area contributed by atoms with Crippen molar-refractivity contribution in [2.24, 2.45) is 11.7 Å². The van der Waals surface area contributed by atoms with E-state index in [0.29, 0.717) is 5.92 Å². The van der Waals surface area contributed by atoms with Gasteiger partial charge in [0, 0.05) is 9.85 Å². The maximum Gasteiger partial charge on any atom is 0.126 e. The smallest absolute Gasteiger partial charge is 0.126 e. The molecule has 1 atom stereocenters. The summed E-state index contributed by atoms with van der Waals surface area (Å²) in [6.07, 6.45) is 4.31. The molecule has 1 fully saturated rings. The fourth-order valence-electron chi connectivity index (χ4n) is 2.05. The Labute approximate surface area is 113 Å². The van der Waals surface area contributed by atoms with Crippen LogP contribution in [-0.2, 0) is 5.54 Å². The lowest BCUT2D eigenvalue weighted by atomic mass is 9.97. The lowest BCUT2D eigenvalue weighted by molar-refractivity contribution is 0.404. The molecule has 0 bridgehead atoms. The van der Waals surface area contributed by atoms with Gasteiger partial charge in [0.15, 0.2) is 0 Å². The average molecular weight is 312 g/mol. The zero-order chi connectivity index (χ0) is 12.0. The standard InChI is InChI=1S/C12H14BrN3S/c1-12(14,7-2-3-7)11-15-5-9(16-11)10-4-8(13)6-17-10/h4-7H,2-3,14H2,1H3,(H,15,16). The molecule has 2 aromatic heterocycles. The Morgan fingerprint density at radius 2 is 2.35 bits per heavy atom. The summed E-state index contributed by atoms with van der Waals surface area (Å²) in [7, 11) is 0. The molecular weight excluding hydrogens is 298 g/mol. The third-order valence-electron chi connectivity index (χ3n) is 3.34. The molecule has 0 amide bonds. The number of aromatic nitrogens is 2. The Kier molecular flexibility index (Phi) is 2.65. The van der Waals surface area contributed by atoms with Crippen LogP contribution in [0.5, 0.6) is 0 Å². The summed E-state index contributed by atoms with van der Waals surface area (Å²) in [6.45, 7) is 2.07. The molecule has 1 aliphatic rings. The van der Waals surface area contributed by atoms with Gasteiger partial charge < -0.3 is 10.7 Å². The summed E-state index contributed by atoms with van der Waals surface area (Å²) in [5.41, 5.74) is 7.08. The van der Waals surface area contributed by atoms with Crippen LogP contribution in [0, 0.1) is 5.92 Å². The molecular formula is C12H14BrN3S. The molecule has 2 heterocycles. The summed E-state index contributed by atoms with van der Waals surface area (Å²) in [4.78, 5) is 8.99. The third-order valence-corrected chi connectivity index (χ3v) is 5.07. The van der Waals surface area contributed by atoms with Gasteiger partial charge in [0.1, 0.15) is 5.82 Å². The second-order valence-corrected chi connectivity index (χ2v) is 6.66. The van der Waals surface area contributed by atoms with Crippen molar-refractivity contribution in [1.82, 2.24) is 9.97 Å². The fourth-order valence-corrected chi connectivity index (χ4v) is 3.44. The Morgan fingerprint density at radius 3 is 2.94 bits per heavy atom. The molecule has 3 N–H and O–H groups in total. The number of H-pyrrole nitrogens is 1. The molecule has 1 aliphatic carbocycles. The van der Waals surface area contributed by atoms with E-state index in [1.54, 1.807) is 11.3 Å². The SMILES string of the molecule is CC(N)(c1ncc(-c2cc(Br)cs2)[nH]1)C1CC1. The van der Waals surface area contributed by atoms with Crippen LogP contribution in [0.25, 0.3) is 10.6 Å². The maximum atomic E-state index is 6.34. The van der Waals surface area contributed by atoms with Gasteiger partial charge >= 0.3 is 0 Å². The number of imidazole rings is 1. The molecule has 90 valence electrons. The van der Waals surface area contributed by atoms with E-state index in [-0.39, 0.29) is 5.54 Å². The molecule has 0 radical (unpaired) electrons. The number of nitrogens with two attached hydrogens (primary N) is 1. The van der Waals surface area contributed by atoms with Gasteiger partial charge in [-0.05, 0) is 47.7 Å². The Morgan fingerprint density at radius 1 is 1.59 bits per heavy atom. The quantitative estimate of drug-likeness (QED) is 0.911. The van der Waals surface area contributed by atoms with Crippen molar-refractivity contribution in [1.29, 1.82) is 0 Å². The molecule has 0 spiro atoms. The molecule has 1 unspecified atom stereocenters. The predicted octanol–water partition coefficient (Wildman–Crippen LogP) is 3.48. The molecule has 1 saturated carbocycles. The highest BCUT2D eigenvalue weighted by Gasteiger charge is 2.41. The topological polar surface area (TPSA) is 54.7 Å². The van der Waals surface area contributed by atoms with Gasteiger partial charge in [0.05, 0.1) is 22.3 Å². The van der Waals surface area contributed by atoms with Gasteiger partial charge in [-0.2, -0.15) is 0 Å².